The van der Waals surface area contributed by atoms with Crippen LogP contribution in [0.1, 0.15) is 13.8 Å². The van der Waals surface area contributed by atoms with E-state index in [0.29, 0.717) is 0 Å². The number of amides is 2. The van der Waals surface area contributed by atoms with Crippen molar-refractivity contribution in [2.75, 3.05) is 0 Å². The van der Waals surface area contributed by atoms with E-state index < -0.39 is 5.72 Å². The summed E-state index contributed by atoms with van der Waals surface area (Å²) in [5, 5.41) is 2.52. The van der Waals surface area contributed by atoms with E-state index in [1.54, 1.807) is 13.8 Å². The van der Waals surface area contributed by atoms with E-state index in [-0.39, 0.29) is 6.03 Å². The highest BCUT2D eigenvalue weighted by atomic mass is 16.7. The molecule has 1 rings (SSSR count). The molecule has 0 unspecified atom stereocenters. The van der Waals surface area contributed by atoms with Crippen molar-refractivity contribution in [2.45, 2.75) is 19.6 Å². The number of urea groups is 1. The maximum absolute atomic E-state index is 10.3. The molecule has 1 heterocycles. The van der Waals surface area contributed by atoms with Gasteiger partial charge in [0.25, 0.3) is 0 Å². The molecule has 0 saturated carbocycles. The van der Waals surface area contributed by atoms with Crippen molar-refractivity contribution in [3.8, 4) is 0 Å². The third-order valence-corrected chi connectivity index (χ3v) is 0.813. The molecule has 1 aliphatic rings. The zero-order chi connectivity index (χ0) is 6.20. The highest BCUT2D eigenvalue weighted by Gasteiger charge is 2.28. The number of hydrogen-bond donors (Lipinski definition) is 2. The Labute approximate surface area is 47.2 Å². The number of hydrogen-bond acceptors (Lipinski definition) is 2. The van der Waals surface area contributed by atoms with E-state index in [0.717, 1.165) is 0 Å². The normalized spacial score (nSPS) is 24.5. The number of hydroxylamine groups is 1. The van der Waals surface area contributed by atoms with Crippen molar-refractivity contribution in [1.29, 1.82) is 0 Å². The van der Waals surface area contributed by atoms with Crippen molar-refractivity contribution in [3.05, 3.63) is 0 Å². The minimum atomic E-state index is -0.545. The molecule has 0 radical (unpaired) electrons. The summed E-state index contributed by atoms with van der Waals surface area (Å²) in [6.07, 6.45) is 0. The van der Waals surface area contributed by atoms with Crippen LogP contribution in [0.5, 0.6) is 0 Å². The molecule has 8 heavy (non-hydrogen) atoms. The standard InChI is InChI=1S/C4H8N2O2/c1-4(2)5-3(7)6-8-4/h1-2H3,(H2,5,6,7). The Kier molecular flexibility index (Phi) is 0.907. The van der Waals surface area contributed by atoms with Crippen LogP contribution < -0.4 is 10.8 Å². The second-order valence-corrected chi connectivity index (χ2v) is 2.17. The zero-order valence-electron chi connectivity index (χ0n) is 4.82. The summed E-state index contributed by atoms with van der Waals surface area (Å²) in [6, 6.07) is -0.282. The van der Waals surface area contributed by atoms with Crippen LogP contribution in [0.25, 0.3) is 0 Å². The topological polar surface area (TPSA) is 50.4 Å². The van der Waals surface area contributed by atoms with Gasteiger partial charge in [-0.1, -0.05) is 0 Å². The third kappa shape index (κ3) is 0.894. The maximum atomic E-state index is 10.3. The zero-order valence-corrected chi connectivity index (χ0v) is 4.82. The predicted octanol–water partition coefficient (Wildman–Crippen LogP) is -0.0331. The molecule has 46 valence electrons. The first kappa shape index (κ1) is 5.37. The van der Waals surface area contributed by atoms with Gasteiger partial charge in [-0.3, -0.25) is 0 Å². The van der Waals surface area contributed by atoms with Gasteiger partial charge in [-0.15, -0.1) is 0 Å². The molecule has 0 aromatic carbocycles. The Morgan fingerprint density at radius 2 is 2.25 bits per heavy atom. The lowest BCUT2D eigenvalue weighted by molar-refractivity contribution is -0.0325. The molecule has 0 spiro atoms. The van der Waals surface area contributed by atoms with E-state index >= 15 is 0 Å². The Morgan fingerprint density at radius 1 is 1.62 bits per heavy atom. The fourth-order valence-electron chi connectivity index (χ4n) is 0.498. The second-order valence-electron chi connectivity index (χ2n) is 2.17. The highest BCUT2D eigenvalue weighted by molar-refractivity contribution is 5.74. The van der Waals surface area contributed by atoms with Crippen molar-refractivity contribution < 1.29 is 9.63 Å². The first-order valence-electron chi connectivity index (χ1n) is 2.36. The van der Waals surface area contributed by atoms with Crippen molar-refractivity contribution in [1.82, 2.24) is 10.8 Å². The lowest BCUT2D eigenvalue weighted by Gasteiger charge is -2.11. The van der Waals surface area contributed by atoms with Gasteiger partial charge < -0.3 is 5.32 Å². The van der Waals surface area contributed by atoms with Crippen LogP contribution >= 0.6 is 0 Å². The predicted molar refractivity (Wildman–Crippen MR) is 26.8 cm³/mol. The lowest BCUT2D eigenvalue weighted by atomic mass is 10.3. The van der Waals surface area contributed by atoms with Gasteiger partial charge in [0.05, 0.1) is 0 Å². The van der Waals surface area contributed by atoms with Crippen molar-refractivity contribution in [3.63, 3.8) is 0 Å². The van der Waals surface area contributed by atoms with Crippen LogP contribution in [0, 0.1) is 0 Å². The van der Waals surface area contributed by atoms with Gasteiger partial charge >= 0.3 is 6.03 Å². The molecule has 1 aliphatic heterocycles. The smallest absolute Gasteiger partial charge is 0.306 e. The van der Waals surface area contributed by atoms with Gasteiger partial charge in [0.2, 0.25) is 0 Å². The fourth-order valence-corrected chi connectivity index (χ4v) is 0.498. The Hall–Kier alpha value is -0.770. The number of nitrogens with one attached hydrogen (secondary N) is 2. The average molecular weight is 116 g/mol. The Balaban J connectivity index is 2.56. The van der Waals surface area contributed by atoms with E-state index in [2.05, 4.69) is 10.8 Å². The van der Waals surface area contributed by atoms with Crippen LogP contribution in [0.4, 0.5) is 4.79 Å². The third-order valence-electron chi connectivity index (χ3n) is 0.813. The molecule has 1 fully saturated rings. The summed E-state index contributed by atoms with van der Waals surface area (Å²) < 4.78 is 0. The van der Waals surface area contributed by atoms with Gasteiger partial charge in [0, 0.05) is 0 Å². The second kappa shape index (κ2) is 1.35. The summed E-state index contributed by atoms with van der Waals surface area (Å²) >= 11 is 0. The first-order valence-corrected chi connectivity index (χ1v) is 2.36. The molecule has 0 aliphatic carbocycles. The Bertz CT molecular complexity index is 121. The molecule has 4 nitrogen and oxygen atoms in total. The molecule has 0 bridgehead atoms. The quantitative estimate of drug-likeness (QED) is 0.466. The molecular formula is C4H8N2O2. The molecule has 1 saturated heterocycles. The van der Waals surface area contributed by atoms with Crippen LogP contribution in [-0.2, 0) is 4.84 Å². The van der Waals surface area contributed by atoms with Crippen molar-refractivity contribution in [2.24, 2.45) is 0 Å². The summed E-state index contributed by atoms with van der Waals surface area (Å²) in [5.41, 5.74) is 1.62. The largest absolute Gasteiger partial charge is 0.341 e. The number of carbonyl (C=O) groups is 1. The minimum Gasteiger partial charge on any atom is -0.306 e. The van der Waals surface area contributed by atoms with Crippen molar-refractivity contribution >= 4 is 6.03 Å². The number of carbonyl (C=O) groups excluding carboxylic acids is 1. The highest BCUT2D eigenvalue weighted by Crippen LogP contribution is 2.05. The Morgan fingerprint density at radius 3 is 2.38 bits per heavy atom. The first-order chi connectivity index (χ1) is 3.60. The van der Waals surface area contributed by atoms with E-state index in [1.807, 2.05) is 0 Å². The maximum Gasteiger partial charge on any atom is 0.341 e. The van der Waals surface area contributed by atoms with Crippen LogP contribution in [0.3, 0.4) is 0 Å². The van der Waals surface area contributed by atoms with Crippen LogP contribution in [-0.4, -0.2) is 11.8 Å². The summed E-state index contributed by atoms with van der Waals surface area (Å²) in [4.78, 5) is 15.1. The summed E-state index contributed by atoms with van der Waals surface area (Å²) in [7, 11) is 0. The molecule has 0 aromatic rings. The van der Waals surface area contributed by atoms with Gasteiger partial charge in [-0.2, -0.15) is 0 Å². The van der Waals surface area contributed by atoms with Crippen LogP contribution in [0.15, 0.2) is 0 Å². The molecule has 0 aromatic heterocycles. The molecule has 2 amide bonds. The minimum absolute atomic E-state index is 0.282. The molecule has 2 N–H and O–H groups in total. The SMILES string of the molecule is CC1(C)NC(=O)NO1. The molecule has 0 atom stereocenters. The van der Waals surface area contributed by atoms with E-state index in [4.69, 9.17) is 4.84 Å². The molecular weight excluding hydrogens is 108 g/mol. The summed E-state index contributed by atoms with van der Waals surface area (Å²) in [5.74, 6) is 0. The van der Waals surface area contributed by atoms with Gasteiger partial charge in [-0.25, -0.2) is 15.1 Å². The van der Waals surface area contributed by atoms with Gasteiger partial charge in [0.15, 0.2) is 5.72 Å². The average Bonchev–Trinajstić information content (AvgIpc) is 1.82. The molecule has 4 heteroatoms. The lowest BCUT2D eigenvalue weighted by Crippen LogP contribution is -2.35. The van der Waals surface area contributed by atoms with E-state index in [1.165, 1.54) is 0 Å². The van der Waals surface area contributed by atoms with Gasteiger partial charge in [0.1, 0.15) is 0 Å². The van der Waals surface area contributed by atoms with Crippen LogP contribution in [0.2, 0.25) is 0 Å². The summed E-state index contributed by atoms with van der Waals surface area (Å²) in [6.45, 7) is 3.51. The number of rotatable bonds is 0. The fraction of sp³-hybridized carbons (Fsp3) is 0.750. The van der Waals surface area contributed by atoms with E-state index in [9.17, 15) is 4.79 Å². The monoisotopic (exact) mass is 116 g/mol. The van der Waals surface area contributed by atoms with Gasteiger partial charge in [-0.05, 0) is 13.8 Å².